The van der Waals surface area contributed by atoms with Crippen LogP contribution in [-0.4, -0.2) is 85.1 Å². The summed E-state index contributed by atoms with van der Waals surface area (Å²) in [5.41, 5.74) is 0.118. The number of rotatable bonds is 8. The Balaban J connectivity index is 1.39. The monoisotopic (exact) mass is 480 g/mol. The van der Waals surface area contributed by atoms with Gasteiger partial charge in [0.15, 0.2) is 11.6 Å². The molecule has 0 N–H and O–H groups in total. The highest BCUT2D eigenvalue weighted by atomic mass is 16.5. The fraction of sp³-hybridized carbons (Fsp3) is 0.500. The van der Waals surface area contributed by atoms with E-state index in [0.717, 1.165) is 26.2 Å². The highest BCUT2D eigenvalue weighted by molar-refractivity contribution is 6.03. The third kappa shape index (κ3) is 5.64. The predicted molar refractivity (Wildman–Crippen MR) is 135 cm³/mol. The van der Waals surface area contributed by atoms with Crippen LogP contribution in [0.4, 0.5) is 0 Å². The van der Waals surface area contributed by atoms with Crippen molar-refractivity contribution >= 4 is 11.6 Å². The third-order valence-electron chi connectivity index (χ3n) is 7.18. The highest BCUT2D eigenvalue weighted by Gasteiger charge is 2.37. The van der Waals surface area contributed by atoms with Crippen LogP contribution in [0.25, 0.3) is 0 Å². The molecular weight excluding hydrogens is 444 g/mol. The van der Waals surface area contributed by atoms with Crippen LogP contribution in [0, 0.1) is 0 Å². The van der Waals surface area contributed by atoms with Gasteiger partial charge in [-0.3, -0.25) is 19.4 Å². The Morgan fingerprint density at radius 3 is 1.26 bits per heavy atom. The second-order valence-electron chi connectivity index (χ2n) is 10.1. The lowest BCUT2D eigenvalue weighted by molar-refractivity contribution is -0.00442. The maximum atomic E-state index is 13.2. The molecule has 0 atom stereocenters. The van der Waals surface area contributed by atoms with Gasteiger partial charge in [0.05, 0.1) is 37.5 Å². The lowest BCUT2D eigenvalue weighted by atomic mass is 9.90. The molecular formula is C28H36N2O5. The summed E-state index contributed by atoms with van der Waals surface area (Å²) in [7, 11) is 0. The third-order valence-corrected chi connectivity index (χ3v) is 7.18. The largest absolute Gasteiger partial charge is 0.457 e. The molecule has 0 aromatic heterocycles. The molecule has 2 aliphatic heterocycles. The molecule has 0 amide bonds. The van der Waals surface area contributed by atoms with Crippen molar-refractivity contribution in [2.45, 2.75) is 38.8 Å². The summed E-state index contributed by atoms with van der Waals surface area (Å²) in [5, 5.41) is 0. The number of hydrogen-bond donors (Lipinski definition) is 0. The van der Waals surface area contributed by atoms with Gasteiger partial charge < -0.3 is 14.2 Å². The first kappa shape index (κ1) is 25.5. The molecule has 0 unspecified atom stereocenters. The van der Waals surface area contributed by atoms with E-state index in [4.69, 9.17) is 14.2 Å². The van der Waals surface area contributed by atoms with Gasteiger partial charge in [-0.05, 0) is 76.2 Å². The van der Waals surface area contributed by atoms with Crippen LogP contribution in [0.15, 0.2) is 48.5 Å². The Kier molecular flexibility index (Phi) is 7.71. The van der Waals surface area contributed by atoms with Gasteiger partial charge in [0.2, 0.25) is 0 Å². The summed E-state index contributed by atoms with van der Waals surface area (Å²) >= 11 is 0. The van der Waals surface area contributed by atoms with Gasteiger partial charge in [-0.1, -0.05) is 0 Å². The van der Waals surface area contributed by atoms with E-state index in [0.29, 0.717) is 49.1 Å². The van der Waals surface area contributed by atoms with E-state index < -0.39 is 11.1 Å². The number of hydrogen-bond acceptors (Lipinski definition) is 7. The maximum Gasteiger partial charge on any atom is 0.182 e. The lowest BCUT2D eigenvalue weighted by Crippen LogP contribution is -2.54. The number of Topliss-reactive ketones (excluding diaryl/α,β-unsaturated/α-hetero) is 2. The maximum absolute atomic E-state index is 13.2. The predicted octanol–water partition coefficient (Wildman–Crippen LogP) is 4.07. The Labute approximate surface area is 207 Å². The Hall–Kier alpha value is -2.58. The molecule has 2 saturated heterocycles. The van der Waals surface area contributed by atoms with Crippen molar-refractivity contribution in [2.24, 2.45) is 0 Å². The van der Waals surface area contributed by atoms with Crippen LogP contribution < -0.4 is 4.74 Å². The summed E-state index contributed by atoms with van der Waals surface area (Å²) in [6.45, 7) is 13.5. The van der Waals surface area contributed by atoms with Crippen molar-refractivity contribution in [3.05, 3.63) is 59.7 Å². The Morgan fingerprint density at radius 2 is 0.943 bits per heavy atom. The van der Waals surface area contributed by atoms with E-state index in [9.17, 15) is 9.59 Å². The van der Waals surface area contributed by atoms with Crippen molar-refractivity contribution < 1.29 is 23.8 Å². The van der Waals surface area contributed by atoms with Crippen molar-refractivity contribution in [2.75, 3.05) is 52.6 Å². The molecule has 0 radical (unpaired) electrons. The Morgan fingerprint density at radius 1 is 0.629 bits per heavy atom. The van der Waals surface area contributed by atoms with Crippen LogP contribution in [0.3, 0.4) is 0 Å². The number of carbonyl (C=O) groups is 2. The van der Waals surface area contributed by atoms with Crippen LogP contribution in [0.5, 0.6) is 11.5 Å². The zero-order valence-electron chi connectivity index (χ0n) is 21.2. The average Bonchev–Trinajstić information content (AvgIpc) is 2.89. The van der Waals surface area contributed by atoms with Crippen molar-refractivity contribution in [1.29, 1.82) is 0 Å². The fourth-order valence-corrected chi connectivity index (χ4v) is 4.72. The summed E-state index contributed by atoms with van der Waals surface area (Å²) in [6.07, 6.45) is 0. The molecule has 2 aliphatic rings. The smallest absolute Gasteiger partial charge is 0.182 e. The number of ketones is 2. The molecule has 0 aliphatic carbocycles. The SMILES string of the molecule is CC(C)(C(=O)c1ccc(Oc2ccc(C(=O)C(C)(C)N3CCOCC3)cc2)cc1)N1CCOCC1. The molecule has 7 heteroatoms. The number of ether oxygens (including phenoxy) is 3. The fourth-order valence-electron chi connectivity index (χ4n) is 4.72. The van der Waals surface area contributed by atoms with Crippen molar-refractivity contribution in [3.63, 3.8) is 0 Å². The number of morpholine rings is 2. The Bertz CT molecular complexity index is 935. The first-order valence-corrected chi connectivity index (χ1v) is 12.3. The second-order valence-corrected chi connectivity index (χ2v) is 10.1. The molecule has 2 heterocycles. The zero-order chi connectivity index (χ0) is 25.1. The average molecular weight is 481 g/mol. The normalized spacial score (nSPS) is 18.3. The quantitative estimate of drug-likeness (QED) is 0.528. The summed E-state index contributed by atoms with van der Waals surface area (Å²) in [4.78, 5) is 30.7. The number of carbonyl (C=O) groups excluding carboxylic acids is 2. The molecule has 4 rings (SSSR count). The van der Waals surface area contributed by atoms with E-state index in [1.807, 2.05) is 76.2 Å². The molecule has 188 valence electrons. The highest BCUT2D eigenvalue weighted by Crippen LogP contribution is 2.27. The first-order valence-electron chi connectivity index (χ1n) is 12.3. The van der Waals surface area contributed by atoms with E-state index in [2.05, 4.69) is 9.80 Å². The first-order chi connectivity index (χ1) is 16.7. The molecule has 2 aromatic rings. The van der Waals surface area contributed by atoms with E-state index in [1.54, 1.807) is 0 Å². The van der Waals surface area contributed by atoms with Gasteiger partial charge in [-0.15, -0.1) is 0 Å². The van der Waals surface area contributed by atoms with Crippen LogP contribution in [-0.2, 0) is 9.47 Å². The zero-order valence-corrected chi connectivity index (χ0v) is 21.2. The standard InChI is InChI=1S/C28H36N2O5/c1-27(2,29-13-17-33-18-14-29)25(31)21-5-9-23(10-6-21)35-24-11-7-22(8-12-24)26(32)28(3,4)30-15-19-34-20-16-30/h5-12H,13-20H2,1-4H3. The molecule has 0 bridgehead atoms. The van der Waals surface area contributed by atoms with E-state index in [-0.39, 0.29) is 11.6 Å². The molecule has 35 heavy (non-hydrogen) atoms. The molecule has 2 fully saturated rings. The van der Waals surface area contributed by atoms with Gasteiger partial charge in [0, 0.05) is 37.3 Å². The lowest BCUT2D eigenvalue weighted by Gasteiger charge is -2.39. The second kappa shape index (κ2) is 10.6. The van der Waals surface area contributed by atoms with Crippen molar-refractivity contribution in [3.8, 4) is 11.5 Å². The molecule has 7 nitrogen and oxygen atoms in total. The summed E-state index contributed by atoms with van der Waals surface area (Å²) < 4.78 is 16.8. The van der Waals surface area contributed by atoms with Crippen LogP contribution >= 0.6 is 0 Å². The summed E-state index contributed by atoms with van der Waals surface area (Å²) in [6, 6.07) is 14.5. The molecule has 0 saturated carbocycles. The van der Waals surface area contributed by atoms with Gasteiger partial charge >= 0.3 is 0 Å². The number of benzene rings is 2. The van der Waals surface area contributed by atoms with Gasteiger partial charge in [0.25, 0.3) is 0 Å². The minimum atomic E-state index is -0.594. The van der Waals surface area contributed by atoms with Crippen LogP contribution in [0.2, 0.25) is 0 Å². The van der Waals surface area contributed by atoms with Gasteiger partial charge in [-0.25, -0.2) is 0 Å². The minimum Gasteiger partial charge on any atom is -0.457 e. The number of nitrogens with zero attached hydrogens (tertiary/aromatic N) is 2. The van der Waals surface area contributed by atoms with Crippen LogP contribution in [0.1, 0.15) is 48.4 Å². The minimum absolute atomic E-state index is 0.0803. The van der Waals surface area contributed by atoms with Gasteiger partial charge in [0.1, 0.15) is 11.5 Å². The van der Waals surface area contributed by atoms with Crippen molar-refractivity contribution in [1.82, 2.24) is 9.80 Å². The van der Waals surface area contributed by atoms with E-state index >= 15 is 0 Å². The summed E-state index contributed by atoms with van der Waals surface area (Å²) in [5.74, 6) is 1.44. The van der Waals surface area contributed by atoms with Gasteiger partial charge in [-0.2, -0.15) is 0 Å². The molecule has 2 aromatic carbocycles. The van der Waals surface area contributed by atoms with E-state index in [1.165, 1.54) is 0 Å². The topological polar surface area (TPSA) is 68.3 Å². The molecule has 0 spiro atoms.